The molecule has 1 amide bonds. The number of benzene rings is 1. The lowest BCUT2D eigenvalue weighted by Crippen LogP contribution is -2.50. The first-order chi connectivity index (χ1) is 10.3. The van der Waals surface area contributed by atoms with Gasteiger partial charge in [0.1, 0.15) is 5.75 Å². The molecule has 2 aliphatic rings. The Morgan fingerprint density at radius 3 is 2.81 bits per heavy atom. The van der Waals surface area contributed by atoms with Crippen LogP contribution in [0.15, 0.2) is 24.3 Å². The first kappa shape index (κ1) is 14.4. The zero-order chi connectivity index (χ0) is 14.7. The number of hydrogen-bond acceptors (Lipinski definition) is 3. The highest BCUT2D eigenvalue weighted by atomic mass is 16.5. The molecular weight excluding hydrogens is 266 g/mol. The summed E-state index contributed by atoms with van der Waals surface area (Å²) in [6.07, 6.45) is 5.20. The summed E-state index contributed by atoms with van der Waals surface area (Å²) in [7, 11) is 1.66. The number of nitrogens with one attached hydrogen (secondary N) is 1. The zero-order valence-electron chi connectivity index (χ0n) is 12.6. The molecule has 1 aliphatic heterocycles. The van der Waals surface area contributed by atoms with Crippen LogP contribution in [0.5, 0.6) is 5.75 Å². The van der Waals surface area contributed by atoms with Crippen molar-refractivity contribution in [2.45, 2.75) is 43.6 Å². The third-order valence-corrected chi connectivity index (χ3v) is 4.78. The van der Waals surface area contributed by atoms with Gasteiger partial charge in [-0.1, -0.05) is 24.6 Å². The van der Waals surface area contributed by atoms with E-state index in [-0.39, 0.29) is 12.0 Å². The summed E-state index contributed by atoms with van der Waals surface area (Å²) in [5, 5.41) is 3.10. The molecule has 1 atom stereocenters. The van der Waals surface area contributed by atoms with Crippen molar-refractivity contribution in [3.63, 3.8) is 0 Å². The van der Waals surface area contributed by atoms with E-state index in [2.05, 4.69) is 5.32 Å². The minimum absolute atomic E-state index is 0.119. The van der Waals surface area contributed by atoms with Crippen molar-refractivity contribution in [1.29, 1.82) is 0 Å². The molecule has 3 rings (SSSR count). The van der Waals surface area contributed by atoms with Crippen molar-refractivity contribution in [1.82, 2.24) is 5.32 Å². The van der Waals surface area contributed by atoms with Gasteiger partial charge in [0.2, 0.25) is 5.91 Å². The molecule has 1 unspecified atom stereocenters. The van der Waals surface area contributed by atoms with Crippen LogP contribution in [0.4, 0.5) is 0 Å². The van der Waals surface area contributed by atoms with E-state index >= 15 is 0 Å². The lowest BCUT2D eigenvalue weighted by Gasteiger charge is -2.41. The molecule has 114 valence electrons. The quantitative estimate of drug-likeness (QED) is 0.905. The molecule has 4 heteroatoms. The van der Waals surface area contributed by atoms with Gasteiger partial charge < -0.3 is 14.8 Å². The summed E-state index contributed by atoms with van der Waals surface area (Å²) >= 11 is 0. The van der Waals surface area contributed by atoms with Gasteiger partial charge in [-0.05, 0) is 31.7 Å². The van der Waals surface area contributed by atoms with Crippen LogP contribution >= 0.6 is 0 Å². The Labute approximate surface area is 125 Å². The summed E-state index contributed by atoms with van der Waals surface area (Å²) in [6.45, 7) is 1.44. The fourth-order valence-corrected chi connectivity index (χ4v) is 3.37. The number of rotatable bonds is 5. The normalized spacial score (nSPS) is 23.4. The van der Waals surface area contributed by atoms with Gasteiger partial charge in [-0.25, -0.2) is 0 Å². The Bertz CT molecular complexity index is 505. The average molecular weight is 289 g/mol. The largest absolute Gasteiger partial charge is 0.496 e. The minimum atomic E-state index is -0.412. The SMILES string of the molecule is COc1ccccc1C1(C(=O)NCC2CCCO2)CCC1. The second kappa shape index (κ2) is 6.06. The number of hydrogen-bond donors (Lipinski definition) is 1. The third kappa shape index (κ3) is 2.64. The lowest BCUT2D eigenvalue weighted by molar-refractivity contribution is -0.130. The smallest absolute Gasteiger partial charge is 0.230 e. The summed E-state index contributed by atoms with van der Waals surface area (Å²) in [5.74, 6) is 0.929. The minimum Gasteiger partial charge on any atom is -0.496 e. The Kier molecular flexibility index (Phi) is 4.15. The number of ether oxygens (including phenoxy) is 2. The highest BCUT2D eigenvalue weighted by Crippen LogP contribution is 2.47. The molecule has 1 heterocycles. The van der Waals surface area contributed by atoms with Crippen LogP contribution in [0.2, 0.25) is 0 Å². The second-order valence-electron chi connectivity index (χ2n) is 5.98. The van der Waals surface area contributed by atoms with Crippen LogP contribution in [0, 0.1) is 0 Å². The van der Waals surface area contributed by atoms with Crippen molar-refractivity contribution in [3.8, 4) is 5.75 Å². The van der Waals surface area contributed by atoms with Gasteiger partial charge in [-0.3, -0.25) is 4.79 Å². The Morgan fingerprint density at radius 2 is 2.19 bits per heavy atom. The zero-order valence-corrected chi connectivity index (χ0v) is 12.6. The standard InChI is InChI=1S/C17H23NO3/c1-20-15-8-3-2-7-14(15)17(9-5-10-17)16(19)18-12-13-6-4-11-21-13/h2-3,7-8,13H,4-6,9-12H2,1H3,(H,18,19). The maximum absolute atomic E-state index is 12.8. The highest BCUT2D eigenvalue weighted by Gasteiger charge is 2.47. The predicted octanol–water partition coefficient (Wildman–Crippen LogP) is 2.41. The monoisotopic (exact) mass is 289 g/mol. The molecule has 1 aliphatic carbocycles. The Morgan fingerprint density at radius 1 is 1.38 bits per heavy atom. The van der Waals surface area contributed by atoms with Crippen LogP contribution in [0.3, 0.4) is 0 Å². The van der Waals surface area contributed by atoms with E-state index in [0.29, 0.717) is 6.54 Å². The van der Waals surface area contributed by atoms with Crippen molar-refractivity contribution < 1.29 is 14.3 Å². The average Bonchev–Trinajstić information content (AvgIpc) is 2.98. The first-order valence-electron chi connectivity index (χ1n) is 7.80. The van der Waals surface area contributed by atoms with Crippen molar-refractivity contribution in [2.24, 2.45) is 0 Å². The van der Waals surface area contributed by atoms with Crippen LogP contribution < -0.4 is 10.1 Å². The molecule has 1 aromatic rings. The maximum Gasteiger partial charge on any atom is 0.230 e. The molecule has 0 aromatic heterocycles. The third-order valence-electron chi connectivity index (χ3n) is 4.78. The number of methoxy groups -OCH3 is 1. The molecule has 1 N–H and O–H groups in total. The molecular formula is C17H23NO3. The molecule has 2 fully saturated rings. The number of para-hydroxylation sites is 1. The summed E-state index contributed by atoms with van der Waals surface area (Å²) in [5.41, 5.74) is 0.606. The molecule has 1 saturated heterocycles. The van der Waals surface area contributed by atoms with Gasteiger partial charge in [-0.15, -0.1) is 0 Å². The van der Waals surface area contributed by atoms with Gasteiger partial charge in [-0.2, -0.15) is 0 Å². The van der Waals surface area contributed by atoms with Crippen LogP contribution in [-0.2, 0) is 14.9 Å². The molecule has 0 radical (unpaired) electrons. The van der Waals surface area contributed by atoms with Crippen molar-refractivity contribution in [3.05, 3.63) is 29.8 Å². The second-order valence-corrected chi connectivity index (χ2v) is 5.98. The summed E-state index contributed by atoms with van der Waals surface area (Å²) in [4.78, 5) is 12.8. The predicted molar refractivity (Wildman–Crippen MR) is 80.5 cm³/mol. The van der Waals surface area contributed by atoms with Gasteiger partial charge in [0, 0.05) is 18.7 Å². The van der Waals surface area contributed by atoms with E-state index in [1.54, 1.807) is 7.11 Å². The van der Waals surface area contributed by atoms with E-state index in [1.807, 2.05) is 24.3 Å². The highest BCUT2D eigenvalue weighted by molar-refractivity contribution is 5.90. The van der Waals surface area contributed by atoms with Gasteiger partial charge in [0.15, 0.2) is 0 Å². The molecule has 1 aromatic carbocycles. The fourth-order valence-electron chi connectivity index (χ4n) is 3.37. The summed E-state index contributed by atoms with van der Waals surface area (Å²) < 4.78 is 11.0. The van der Waals surface area contributed by atoms with Crippen molar-refractivity contribution in [2.75, 3.05) is 20.3 Å². The van der Waals surface area contributed by atoms with Crippen LogP contribution in [0.1, 0.15) is 37.7 Å². The first-order valence-corrected chi connectivity index (χ1v) is 7.80. The van der Waals surface area contributed by atoms with Crippen LogP contribution in [0.25, 0.3) is 0 Å². The van der Waals surface area contributed by atoms with Gasteiger partial charge >= 0.3 is 0 Å². The maximum atomic E-state index is 12.8. The van der Waals surface area contributed by atoms with E-state index in [1.165, 1.54) is 0 Å². The Balaban J connectivity index is 1.74. The van der Waals surface area contributed by atoms with Crippen LogP contribution in [-0.4, -0.2) is 32.3 Å². The molecule has 4 nitrogen and oxygen atoms in total. The van der Waals surface area contributed by atoms with Gasteiger partial charge in [0.25, 0.3) is 0 Å². The number of amides is 1. The van der Waals surface area contributed by atoms with E-state index in [0.717, 1.165) is 50.0 Å². The molecule has 0 bridgehead atoms. The lowest BCUT2D eigenvalue weighted by atomic mass is 9.63. The molecule has 1 saturated carbocycles. The topological polar surface area (TPSA) is 47.6 Å². The molecule has 21 heavy (non-hydrogen) atoms. The Hall–Kier alpha value is -1.55. The van der Waals surface area contributed by atoms with Crippen molar-refractivity contribution >= 4 is 5.91 Å². The van der Waals surface area contributed by atoms with E-state index in [9.17, 15) is 4.79 Å². The fraction of sp³-hybridized carbons (Fsp3) is 0.588. The van der Waals surface area contributed by atoms with Gasteiger partial charge in [0.05, 0.1) is 18.6 Å². The van der Waals surface area contributed by atoms with E-state index < -0.39 is 5.41 Å². The number of carbonyl (C=O) groups is 1. The molecule has 0 spiro atoms. The van der Waals surface area contributed by atoms with E-state index in [4.69, 9.17) is 9.47 Å². The summed E-state index contributed by atoms with van der Waals surface area (Å²) in [6, 6.07) is 7.87. The number of carbonyl (C=O) groups excluding carboxylic acids is 1.